The fourth-order valence-corrected chi connectivity index (χ4v) is 2.41. The van der Waals surface area contributed by atoms with Gasteiger partial charge in [-0.2, -0.15) is 19.6 Å². The fourth-order valence-electron chi connectivity index (χ4n) is 2.23. The molecule has 21 heavy (non-hydrogen) atoms. The normalized spacial score (nSPS) is 17.0. The van der Waals surface area contributed by atoms with Crippen LogP contribution in [0.1, 0.15) is 6.92 Å². The van der Waals surface area contributed by atoms with Crippen LogP contribution in [0.3, 0.4) is 0 Å². The summed E-state index contributed by atoms with van der Waals surface area (Å²) in [7, 11) is 0. The smallest absolute Gasteiger partial charge is 0.255 e. The summed E-state index contributed by atoms with van der Waals surface area (Å²) in [4.78, 5) is 22.2. The van der Waals surface area contributed by atoms with E-state index in [1.165, 1.54) is 10.8 Å². The first-order valence-electron chi connectivity index (χ1n) is 6.64. The predicted octanol–water partition coefficient (Wildman–Crippen LogP) is 0.437. The molecule has 0 aromatic carbocycles. The van der Waals surface area contributed by atoms with Gasteiger partial charge in [0, 0.05) is 19.2 Å². The topological polar surface area (TPSA) is 84.7 Å². The first-order valence-corrected chi connectivity index (χ1v) is 7.02. The number of anilines is 1. The number of aromatic nitrogens is 4. The maximum absolute atomic E-state index is 12.4. The Morgan fingerprint density at radius 3 is 3.00 bits per heavy atom. The highest BCUT2D eigenvalue weighted by Gasteiger charge is 2.23. The van der Waals surface area contributed by atoms with Gasteiger partial charge >= 0.3 is 0 Å². The molecule has 3 rings (SSSR count). The molecule has 1 saturated heterocycles. The fraction of sp³-hybridized carbons (Fsp3) is 0.500. The maximum atomic E-state index is 12.4. The van der Waals surface area contributed by atoms with E-state index in [-0.39, 0.29) is 5.91 Å². The van der Waals surface area contributed by atoms with E-state index in [1.54, 1.807) is 17.9 Å². The minimum absolute atomic E-state index is 0.0134. The standard InChI is InChI=1S/C12H15ClN6O2/c1-8(11(20)18-2-4-21-5-3-18)16-10-6-9(13)17-12-14-7-15-19(10)12/h6-8,16H,2-5H2,1H3. The average Bonchev–Trinajstić information content (AvgIpc) is 2.95. The third kappa shape index (κ3) is 2.91. The van der Waals surface area contributed by atoms with Crippen LogP contribution in [0.25, 0.3) is 5.78 Å². The quantitative estimate of drug-likeness (QED) is 0.828. The Kier molecular flexibility index (Phi) is 3.89. The van der Waals surface area contributed by atoms with E-state index in [0.29, 0.717) is 43.1 Å². The zero-order valence-corrected chi connectivity index (χ0v) is 12.2. The second-order valence-corrected chi connectivity index (χ2v) is 5.13. The summed E-state index contributed by atoms with van der Waals surface area (Å²) in [5.74, 6) is 0.979. The van der Waals surface area contributed by atoms with E-state index in [1.807, 2.05) is 0 Å². The lowest BCUT2D eigenvalue weighted by Crippen LogP contribution is -2.47. The van der Waals surface area contributed by atoms with Crippen molar-refractivity contribution in [1.82, 2.24) is 24.5 Å². The van der Waals surface area contributed by atoms with Crippen LogP contribution in [0, 0.1) is 0 Å². The molecule has 1 atom stereocenters. The van der Waals surface area contributed by atoms with Crippen LogP contribution in [-0.4, -0.2) is 62.7 Å². The monoisotopic (exact) mass is 310 g/mol. The number of halogens is 1. The molecule has 0 radical (unpaired) electrons. The molecule has 3 heterocycles. The molecule has 9 heteroatoms. The molecular formula is C12H15ClN6O2. The van der Waals surface area contributed by atoms with Crippen LogP contribution in [-0.2, 0) is 9.53 Å². The lowest BCUT2D eigenvalue weighted by molar-refractivity contribution is -0.135. The first kappa shape index (κ1) is 14.0. The van der Waals surface area contributed by atoms with E-state index < -0.39 is 6.04 Å². The minimum atomic E-state index is -0.408. The molecule has 0 spiro atoms. The third-order valence-electron chi connectivity index (χ3n) is 3.28. The molecule has 112 valence electrons. The number of ether oxygens (including phenoxy) is 1. The highest BCUT2D eigenvalue weighted by Crippen LogP contribution is 2.16. The van der Waals surface area contributed by atoms with Gasteiger partial charge < -0.3 is 15.0 Å². The number of carbonyl (C=O) groups excluding carboxylic acids is 1. The molecule has 1 N–H and O–H groups in total. The van der Waals surface area contributed by atoms with Gasteiger partial charge in [-0.15, -0.1) is 0 Å². The Hall–Kier alpha value is -1.93. The highest BCUT2D eigenvalue weighted by atomic mass is 35.5. The average molecular weight is 311 g/mol. The lowest BCUT2D eigenvalue weighted by atomic mass is 10.2. The number of amides is 1. The second-order valence-electron chi connectivity index (χ2n) is 4.74. The second kappa shape index (κ2) is 5.82. The Bertz CT molecular complexity index is 654. The van der Waals surface area contributed by atoms with E-state index >= 15 is 0 Å². The summed E-state index contributed by atoms with van der Waals surface area (Å²) in [6.45, 7) is 4.18. The summed E-state index contributed by atoms with van der Waals surface area (Å²) in [5, 5.41) is 7.47. The van der Waals surface area contributed by atoms with Gasteiger partial charge in [-0.25, -0.2) is 0 Å². The minimum Gasteiger partial charge on any atom is -0.378 e. The van der Waals surface area contributed by atoms with Crippen LogP contribution in [0.4, 0.5) is 5.82 Å². The predicted molar refractivity (Wildman–Crippen MR) is 76.3 cm³/mol. The maximum Gasteiger partial charge on any atom is 0.255 e. The van der Waals surface area contributed by atoms with Gasteiger partial charge in [-0.3, -0.25) is 4.79 Å². The molecule has 1 aliphatic heterocycles. The Morgan fingerprint density at radius 2 is 2.24 bits per heavy atom. The molecule has 1 amide bonds. The number of morpholine rings is 1. The van der Waals surface area contributed by atoms with Crippen LogP contribution >= 0.6 is 11.6 Å². The summed E-state index contributed by atoms with van der Waals surface area (Å²) in [5.41, 5.74) is 0. The van der Waals surface area contributed by atoms with Crippen molar-refractivity contribution >= 4 is 29.1 Å². The van der Waals surface area contributed by atoms with Gasteiger partial charge in [0.1, 0.15) is 23.3 Å². The SMILES string of the molecule is CC(Nc1cc(Cl)nc2ncnn12)C(=O)N1CCOCC1. The number of hydrogen-bond donors (Lipinski definition) is 1. The number of nitrogens with one attached hydrogen (secondary N) is 1. The number of fused-ring (bicyclic) bond motifs is 1. The summed E-state index contributed by atoms with van der Waals surface area (Å²) in [6, 6.07) is 1.21. The molecule has 2 aromatic heterocycles. The van der Waals surface area contributed by atoms with Crippen molar-refractivity contribution in [1.29, 1.82) is 0 Å². The van der Waals surface area contributed by atoms with Crippen molar-refractivity contribution in [3.8, 4) is 0 Å². The van der Waals surface area contributed by atoms with Crippen LogP contribution < -0.4 is 5.32 Å². The first-order chi connectivity index (χ1) is 10.1. The largest absolute Gasteiger partial charge is 0.378 e. The van der Waals surface area contributed by atoms with E-state index in [9.17, 15) is 4.79 Å². The molecule has 0 saturated carbocycles. The van der Waals surface area contributed by atoms with Gasteiger partial charge in [0.2, 0.25) is 5.91 Å². The summed E-state index contributed by atoms with van der Waals surface area (Å²) >= 11 is 5.95. The molecule has 1 aliphatic rings. The van der Waals surface area contributed by atoms with Gasteiger partial charge in [-0.05, 0) is 6.92 Å². The van der Waals surface area contributed by atoms with E-state index in [4.69, 9.17) is 16.3 Å². The van der Waals surface area contributed by atoms with Crippen LogP contribution in [0.5, 0.6) is 0 Å². The Labute approximate surface area is 126 Å². The van der Waals surface area contributed by atoms with Crippen molar-refractivity contribution in [2.75, 3.05) is 31.6 Å². The zero-order chi connectivity index (χ0) is 14.8. The number of carbonyl (C=O) groups is 1. The highest BCUT2D eigenvalue weighted by molar-refractivity contribution is 6.29. The third-order valence-corrected chi connectivity index (χ3v) is 3.47. The van der Waals surface area contributed by atoms with Gasteiger partial charge in [0.15, 0.2) is 0 Å². The number of hydrogen-bond acceptors (Lipinski definition) is 6. The van der Waals surface area contributed by atoms with Crippen LogP contribution in [0.2, 0.25) is 5.15 Å². The lowest BCUT2D eigenvalue weighted by Gasteiger charge is -2.29. The molecule has 0 bridgehead atoms. The zero-order valence-electron chi connectivity index (χ0n) is 11.5. The number of nitrogens with zero attached hydrogens (tertiary/aromatic N) is 5. The molecule has 1 fully saturated rings. The van der Waals surface area contributed by atoms with Crippen molar-refractivity contribution < 1.29 is 9.53 Å². The summed E-state index contributed by atoms with van der Waals surface area (Å²) < 4.78 is 6.76. The van der Waals surface area contributed by atoms with Gasteiger partial charge in [0.25, 0.3) is 5.78 Å². The molecule has 1 unspecified atom stereocenters. The van der Waals surface area contributed by atoms with E-state index in [0.717, 1.165) is 0 Å². The van der Waals surface area contributed by atoms with E-state index in [2.05, 4.69) is 20.4 Å². The Morgan fingerprint density at radius 1 is 1.48 bits per heavy atom. The van der Waals surface area contributed by atoms with Crippen molar-refractivity contribution in [3.05, 3.63) is 17.5 Å². The molecule has 2 aromatic rings. The molecule has 8 nitrogen and oxygen atoms in total. The number of rotatable bonds is 3. The van der Waals surface area contributed by atoms with Gasteiger partial charge in [0.05, 0.1) is 13.2 Å². The molecule has 0 aliphatic carbocycles. The van der Waals surface area contributed by atoms with Gasteiger partial charge in [-0.1, -0.05) is 11.6 Å². The van der Waals surface area contributed by atoms with Crippen molar-refractivity contribution in [2.24, 2.45) is 0 Å². The summed E-state index contributed by atoms with van der Waals surface area (Å²) in [6.07, 6.45) is 1.39. The Balaban J connectivity index is 1.77. The van der Waals surface area contributed by atoms with Crippen molar-refractivity contribution in [2.45, 2.75) is 13.0 Å². The van der Waals surface area contributed by atoms with Crippen LogP contribution in [0.15, 0.2) is 12.4 Å². The molecular weight excluding hydrogens is 296 g/mol. The van der Waals surface area contributed by atoms with Crippen molar-refractivity contribution in [3.63, 3.8) is 0 Å².